The molecule has 1 saturated carbocycles. The summed E-state index contributed by atoms with van der Waals surface area (Å²) in [5.41, 5.74) is 0.0355. The second-order valence-corrected chi connectivity index (χ2v) is 8.47. The summed E-state index contributed by atoms with van der Waals surface area (Å²) >= 11 is 0. The van der Waals surface area contributed by atoms with Crippen LogP contribution in [0.2, 0.25) is 0 Å². The molecule has 0 N–H and O–H groups in total. The minimum absolute atomic E-state index is 0.0355. The molecule has 1 spiro atoms. The van der Waals surface area contributed by atoms with Crippen LogP contribution in [0.5, 0.6) is 0 Å². The molecule has 3 aliphatic rings. The Bertz CT molecular complexity index is 422. The molecule has 0 aromatic rings. The van der Waals surface area contributed by atoms with Gasteiger partial charge in [-0.3, -0.25) is 4.79 Å². The van der Waals surface area contributed by atoms with Crippen LogP contribution < -0.4 is 0 Å². The number of carbonyl (C=O) groups is 1. The van der Waals surface area contributed by atoms with Gasteiger partial charge in [0.2, 0.25) is 5.91 Å². The van der Waals surface area contributed by atoms with Crippen molar-refractivity contribution in [2.24, 2.45) is 5.92 Å². The van der Waals surface area contributed by atoms with Crippen LogP contribution >= 0.6 is 0 Å². The minimum Gasteiger partial charge on any atom is -0.375 e. The lowest BCUT2D eigenvalue weighted by molar-refractivity contribution is -0.149. The molecule has 2 aliphatic heterocycles. The normalized spacial score (nSPS) is 27.3. The van der Waals surface area contributed by atoms with Gasteiger partial charge < -0.3 is 14.5 Å². The summed E-state index contributed by atoms with van der Waals surface area (Å²) in [6.07, 6.45) is 11.7. The van der Waals surface area contributed by atoms with Crippen molar-refractivity contribution >= 4 is 5.91 Å². The zero-order valence-electron chi connectivity index (χ0n) is 16.5. The fourth-order valence-electron chi connectivity index (χ4n) is 5.35. The molecule has 1 atom stereocenters. The van der Waals surface area contributed by atoms with Crippen LogP contribution in [-0.4, -0.2) is 60.1 Å². The molecule has 0 bridgehead atoms. The molecule has 1 amide bonds. The molecule has 3 fully saturated rings. The zero-order chi connectivity index (χ0) is 17.7. The number of amides is 1. The quantitative estimate of drug-likeness (QED) is 0.730. The Hall–Kier alpha value is -0.610. The minimum atomic E-state index is 0.0355. The maximum Gasteiger partial charge on any atom is 0.222 e. The van der Waals surface area contributed by atoms with Crippen LogP contribution in [-0.2, 0) is 9.53 Å². The number of likely N-dealkylation sites (tertiary alicyclic amines) is 1. The molecule has 0 radical (unpaired) electrons. The lowest BCUT2D eigenvalue weighted by Gasteiger charge is -2.48. The second-order valence-electron chi connectivity index (χ2n) is 8.47. The van der Waals surface area contributed by atoms with Crippen molar-refractivity contribution in [3.63, 3.8) is 0 Å². The Labute approximate surface area is 154 Å². The van der Waals surface area contributed by atoms with Crippen molar-refractivity contribution in [1.29, 1.82) is 0 Å². The Morgan fingerprint density at radius 2 is 1.80 bits per heavy atom. The number of rotatable bonds is 6. The molecule has 0 aromatic heterocycles. The Balaban J connectivity index is 1.46. The predicted molar refractivity (Wildman–Crippen MR) is 102 cm³/mol. The average molecular weight is 351 g/mol. The third-order valence-electron chi connectivity index (χ3n) is 7.06. The van der Waals surface area contributed by atoms with E-state index in [0.29, 0.717) is 11.9 Å². The molecule has 1 aliphatic carbocycles. The van der Waals surface area contributed by atoms with E-state index in [0.717, 1.165) is 77.2 Å². The van der Waals surface area contributed by atoms with E-state index in [4.69, 9.17) is 4.74 Å². The van der Waals surface area contributed by atoms with Gasteiger partial charge in [-0.15, -0.1) is 0 Å². The number of carbonyl (C=O) groups excluding carboxylic acids is 1. The molecule has 144 valence electrons. The average Bonchev–Trinajstić information content (AvgIpc) is 3.15. The van der Waals surface area contributed by atoms with E-state index in [1.54, 1.807) is 0 Å². The van der Waals surface area contributed by atoms with Gasteiger partial charge in [0.25, 0.3) is 0 Å². The molecule has 3 rings (SSSR count). The molecular weight excluding hydrogens is 312 g/mol. The van der Waals surface area contributed by atoms with Crippen LogP contribution in [0.3, 0.4) is 0 Å². The summed E-state index contributed by atoms with van der Waals surface area (Å²) in [6.45, 7) is 9.46. The standard InChI is InChI=1S/C21H38N2O2/c1-3-22(4-2)19-11-16-25-21(17-19)12-14-23(15-13-21)20(24)10-9-18-7-5-6-8-18/h18-19H,3-17H2,1-2H3. The Kier molecular flexibility index (Phi) is 6.79. The first-order chi connectivity index (χ1) is 12.2. The molecule has 2 heterocycles. The highest BCUT2D eigenvalue weighted by atomic mass is 16.5. The van der Waals surface area contributed by atoms with Gasteiger partial charge in [0, 0.05) is 32.2 Å². The fourth-order valence-corrected chi connectivity index (χ4v) is 5.35. The summed E-state index contributed by atoms with van der Waals surface area (Å²) in [5, 5.41) is 0. The summed E-state index contributed by atoms with van der Waals surface area (Å²) in [5.74, 6) is 1.20. The first-order valence-corrected chi connectivity index (χ1v) is 10.8. The van der Waals surface area contributed by atoms with E-state index in [-0.39, 0.29) is 5.60 Å². The third kappa shape index (κ3) is 4.77. The molecule has 25 heavy (non-hydrogen) atoms. The smallest absolute Gasteiger partial charge is 0.222 e. The van der Waals surface area contributed by atoms with Crippen molar-refractivity contribution < 1.29 is 9.53 Å². The molecule has 4 heteroatoms. The van der Waals surface area contributed by atoms with Gasteiger partial charge >= 0.3 is 0 Å². The highest BCUT2D eigenvalue weighted by Crippen LogP contribution is 2.37. The predicted octanol–water partition coefficient (Wildman–Crippen LogP) is 3.84. The Morgan fingerprint density at radius 1 is 1.12 bits per heavy atom. The van der Waals surface area contributed by atoms with Crippen LogP contribution in [0.1, 0.15) is 78.1 Å². The SMILES string of the molecule is CCN(CC)C1CCOC2(CCN(C(=O)CCC3CCCC3)CC2)C1. The number of piperidine rings is 1. The summed E-state index contributed by atoms with van der Waals surface area (Å²) in [7, 11) is 0. The molecule has 0 aromatic carbocycles. The lowest BCUT2D eigenvalue weighted by atomic mass is 9.81. The van der Waals surface area contributed by atoms with Crippen LogP contribution in [0, 0.1) is 5.92 Å². The maximum atomic E-state index is 12.6. The van der Waals surface area contributed by atoms with E-state index >= 15 is 0 Å². The molecular formula is C21H38N2O2. The third-order valence-corrected chi connectivity index (χ3v) is 7.06. The van der Waals surface area contributed by atoms with Crippen LogP contribution in [0.25, 0.3) is 0 Å². The van der Waals surface area contributed by atoms with Crippen LogP contribution in [0.15, 0.2) is 0 Å². The zero-order valence-corrected chi connectivity index (χ0v) is 16.5. The largest absolute Gasteiger partial charge is 0.375 e. The van der Waals surface area contributed by atoms with Crippen molar-refractivity contribution in [3.05, 3.63) is 0 Å². The van der Waals surface area contributed by atoms with E-state index in [9.17, 15) is 4.79 Å². The topological polar surface area (TPSA) is 32.8 Å². The number of hydrogen-bond donors (Lipinski definition) is 0. The van der Waals surface area contributed by atoms with Gasteiger partial charge in [0.1, 0.15) is 0 Å². The maximum absolute atomic E-state index is 12.6. The summed E-state index contributed by atoms with van der Waals surface area (Å²) in [6, 6.07) is 0.661. The van der Waals surface area contributed by atoms with Crippen molar-refractivity contribution in [2.45, 2.75) is 89.7 Å². The summed E-state index contributed by atoms with van der Waals surface area (Å²) < 4.78 is 6.28. The van der Waals surface area contributed by atoms with E-state index in [1.807, 2.05) is 0 Å². The van der Waals surface area contributed by atoms with E-state index < -0.39 is 0 Å². The van der Waals surface area contributed by atoms with Crippen molar-refractivity contribution in [2.75, 3.05) is 32.8 Å². The van der Waals surface area contributed by atoms with E-state index in [2.05, 4.69) is 23.6 Å². The molecule has 4 nitrogen and oxygen atoms in total. The van der Waals surface area contributed by atoms with Gasteiger partial charge in [-0.1, -0.05) is 39.5 Å². The van der Waals surface area contributed by atoms with Gasteiger partial charge in [-0.05, 0) is 51.1 Å². The monoisotopic (exact) mass is 350 g/mol. The number of nitrogens with zero attached hydrogens (tertiary/aromatic N) is 2. The van der Waals surface area contributed by atoms with Gasteiger partial charge in [-0.25, -0.2) is 0 Å². The van der Waals surface area contributed by atoms with E-state index in [1.165, 1.54) is 25.7 Å². The van der Waals surface area contributed by atoms with Crippen LogP contribution in [0.4, 0.5) is 0 Å². The number of hydrogen-bond acceptors (Lipinski definition) is 3. The lowest BCUT2D eigenvalue weighted by Crippen LogP contribution is -2.54. The summed E-state index contributed by atoms with van der Waals surface area (Å²) in [4.78, 5) is 17.3. The van der Waals surface area contributed by atoms with Gasteiger partial charge in [0.15, 0.2) is 0 Å². The molecule has 1 unspecified atom stereocenters. The highest BCUT2D eigenvalue weighted by molar-refractivity contribution is 5.76. The first-order valence-electron chi connectivity index (χ1n) is 10.8. The first kappa shape index (κ1) is 19.2. The fraction of sp³-hybridized carbons (Fsp3) is 0.952. The van der Waals surface area contributed by atoms with Crippen molar-refractivity contribution in [1.82, 2.24) is 9.80 Å². The van der Waals surface area contributed by atoms with Gasteiger partial charge in [0.05, 0.1) is 5.60 Å². The molecule has 2 saturated heterocycles. The Morgan fingerprint density at radius 3 is 2.44 bits per heavy atom. The number of ether oxygens (including phenoxy) is 1. The van der Waals surface area contributed by atoms with Gasteiger partial charge in [-0.2, -0.15) is 0 Å². The van der Waals surface area contributed by atoms with Crippen molar-refractivity contribution in [3.8, 4) is 0 Å². The highest BCUT2D eigenvalue weighted by Gasteiger charge is 2.42. The second kappa shape index (κ2) is 8.85.